The molecule has 2 aromatic carbocycles. The second-order valence-electron chi connectivity index (χ2n) is 3.95. The van der Waals surface area contributed by atoms with Crippen molar-refractivity contribution in [1.29, 1.82) is 0 Å². The van der Waals surface area contributed by atoms with Crippen molar-refractivity contribution in [2.45, 2.75) is 14.7 Å². The third-order valence-electron chi connectivity index (χ3n) is 2.61. The van der Waals surface area contributed by atoms with Crippen LogP contribution in [-0.4, -0.2) is 40.2 Å². The van der Waals surface area contributed by atoms with Crippen LogP contribution in [0.3, 0.4) is 0 Å². The molecule has 2 rings (SSSR count). The molecule has 15 heteroatoms. The fourth-order valence-corrected chi connectivity index (χ4v) is 3.48. The molecule has 1 atom stereocenters. The van der Waals surface area contributed by atoms with Crippen LogP contribution >= 0.6 is 0 Å². The van der Waals surface area contributed by atoms with E-state index in [4.69, 9.17) is 0 Å². The van der Waals surface area contributed by atoms with Gasteiger partial charge in [-0.3, -0.25) is 4.21 Å². The number of hydrogen-bond donors (Lipinski definition) is 0. The summed E-state index contributed by atoms with van der Waals surface area (Å²) in [4.78, 5) is -2.09. The van der Waals surface area contributed by atoms with Crippen LogP contribution in [0.1, 0.15) is 0 Å². The molecule has 9 nitrogen and oxygen atoms in total. The Labute approximate surface area is 182 Å². The van der Waals surface area contributed by atoms with Crippen molar-refractivity contribution in [2.24, 2.45) is 0 Å². The van der Waals surface area contributed by atoms with E-state index in [9.17, 15) is 34.7 Å². The normalized spacial score (nSPS) is 12.0. The van der Waals surface area contributed by atoms with Crippen molar-refractivity contribution in [1.82, 2.24) is 0 Å². The maximum absolute atomic E-state index is 11.2. The molecule has 0 saturated heterocycles. The summed E-state index contributed by atoms with van der Waals surface area (Å²) in [5.41, 5.74) is 0. The second-order valence-corrected chi connectivity index (χ2v) is 7.62. The minimum absolute atomic E-state index is 0. The summed E-state index contributed by atoms with van der Waals surface area (Å²) in [6.07, 6.45) is 0. The molecule has 0 bridgehead atoms. The van der Waals surface area contributed by atoms with Gasteiger partial charge in [-0.25, -0.2) is 16.8 Å². The summed E-state index contributed by atoms with van der Waals surface area (Å²) >= 11 is -2.65. The summed E-state index contributed by atoms with van der Waals surface area (Å²) in [7, 11) is -10.1. The van der Waals surface area contributed by atoms with E-state index in [1.54, 1.807) is 0 Å². The van der Waals surface area contributed by atoms with E-state index >= 15 is 0 Å². The standard InChI is InChI=1S/C10H8O8S3.3Li.H2O/c11-19(12)7-1-2-9-6(3-7)4-8(20(13,14)15)5-10(9)21(16,17)18;;;;/h1-5H,(H,11,12)(H,13,14,15)(H,16,17,18);;;;1H2/q;3*+1;/p-4. The Morgan fingerprint density at radius 1 is 0.840 bits per heavy atom. The zero-order chi connectivity index (χ0) is 16.0. The molecular formula is C10H6Li3O9S3-. The second kappa shape index (κ2) is 10.6. The molecule has 0 amide bonds. The number of hydrogen-bond acceptors (Lipinski definition) is 9. The number of rotatable bonds is 3. The van der Waals surface area contributed by atoms with Crippen molar-refractivity contribution < 1.29 is 96.8 Å². The molecule has 0 aliphatic carbocycles. The van der Waals surface area contributed by atoms with E-state index in [1.165, 1.54) is 0 Å². The summed E-state index contributed by atoms with van der Waals surface area (Å²) < 4.78 is 88.2. The van der Waals surface area contributed by atoms with Gasteiger partial charge in [0.25, 0.3) is 0 Å². The molecule has 0 radical (unpaired) electrons. The van der Waals surface area contributed by atoms with Gasteiger partial charge in [0.2, 0.25) is 0 Å². The van der Waals surface area contributed by atoms with Crippen LogP contribution in [0.25, 0.3) is 10.8 Å². The number of fused-ring (bicyclic) bond motifs is 1. The molecule has 0 aliphatic heterocycles. The van der Waals surface area contributed by atoms with Crippen LogP contribution in [0.4, 0.5) is 0 Å². The first-order valence-electron chi connectivity index (χ1n) is 5.09. The molecule has 0 spiro atoms. The molecule has 122 valence electrons. The molecule has 2 aromatic rings. The third kappa shape index (κ3) is 7.13. The predicted molar refractivity (Wildman–Crippen MR) is 69.0 cm³/mol. The molecule has 0 aliphatic rings. The first-order chi connectivity index (χ1) is 9.50. The van der Waals surface area contributed by atoms with Crippen LogP contribution in [0.5, 0.6) is 0 Å². The van der Waals surface area contributed by atoms with Crippen LogP contribution in [0, 0.1) is 0 Å². The van der Waals surface area contributed by atoms with E-state index in [0.29, 0.717) is 6.07 Å². The van der Waals surface area contributed by atoms with Crippen LogP contribution < -0.4 is 56.6 Å². The minimum atomic E-state index is -5.05. The summed E-state index contributed by atoms with van der Waals surface area (Å²) in [6, 6.07) is 4.32. The fraction of sp³-hybridized carbons (Fsp3) is 0. The van der Waals surface area contributed by atoms with Gasteiger partial charge in [-0.1, -0.05) is 6.07 Å². The Morgan fingerprint density at radius 2 is 1.36 bits per heavy atom. The van der Waals surface area contributed by atoms with E-state index in [1.807, 2.05) is 0 Å². The van der Waals surface area contributed by atoms with Gasteiger partial charge in [0, 0.05) is 4.90 Å². The van der Waals surface area contributed by atoms with Crippen molar-refractivity contribution in [3.63, 3.8) is 0 Å². The SMILES string of the molecule is O=S([O-])c1ccc2c(S(=O)(=O)[O-])cc(S(=O)(=O)[O-])cc2c1.[Li+].[Li+].[Li+].[OH-]. The maximum Gasteiger partial charge on any atom is 1.00 e. The van der Waals surface area contributed by atoms with Crippen molar-refractivity contribution in [3.05, 3.63) is 30.3 Å². The average molecular weight is 387 g/mol. The average Bonchev–Trinajstić information content (AvgIpc) is 2.34. The first-order valence-corrected chi connectivity index (χ1v) is 8.98. The van der Waals surface area contributed by atoms with Gasteiger partial charge in [-0.2, -0.15) is 0 Å². The summed E-state index contributed by atoms with van der Waals surface area (Å²) in [6.45, 7) is 0. The Kier molecular flexibility index (Phi) is 12.8. The molecule has 0 aromatic heterocycles. The zero-order valence-corrected chi connectivity index (χ0v) is 15.8. The smallest absolute Gasteiger partial charge is 0.870 e. The van der Waals surface area contributed by atoms with Crippen LogP contribution in [0.15, 0.2) is 45.0 Å². The van der Waals surface area contributed by atoms with E-state index in [0.717, 1.165) is 24.3 Å². The Bertz CT molecular complexity index is 974. The topological polar surface area (TPSA) is 185 Å². The molecular weight excluding hydrogens is 381 g/mol. The Morgan fingerprint density at radius 3 is 1.76 bits per heavy atom. The van der Waals surface area contributed by atoms with Gasteiger partial charge in [0.15, 0.2) is 0 Å². The maximum atomic E-state index is 11.2. The van der Waals surface area contributed by atoms with Gasteiger partial charge in [0.05, 0.1) is 9.79 Å². The summed E-state index contributed by atoms with van der Waals surface area (Å²) in [5.74, 6) is 0. The first kappa shape index (κ1) is 30.1. The fourth-order valence-electron chi connectivity index (χ4n) is 1.74. The Hall–Kier alpha value is 0.382. The molecule has 1 unspecified atom stereocenters. The summed E-state index contributed by atoms with van der Waals surface area (Å²) in [5, 5.41) is -0.338. The number of benzene rings is 2. The van der Waals surface area contributed by atoms with Gasteiger partial charge in [0.1, 0.15) is 20.2 Å². The van der Waals surface area contributed by atoms with Crippen molar-refractivity contribution in [3.8, 4) is 0 Å². The predicted octanol–water partition coefficient (Wildman–Crippen LogP) is -9.28. The van der Waals surface area contributed by atoms with Crippen molar-refractivity contribution in [2.75, 3.05) is 0 Å². The minimum Gasteiger partial charge on any atom is -0.870 e. The van der Waals surface area contributed by atoms with Crippen LogP contribution in [0.2, 0.25) is 0 Å². The van der Waals surface area contributed by atoms with Crippen LogP contribution in [-0.2, 0) is 31.3 Å². The molecule has 25 heavy (non-hydrogen) atoms. The van der Waals surface area contributed by atoms with E-state index in [-0.39, 0.29) is 77.7 Å². The largest absolute Gasteiger partial charge is 1.00 e. The molecule has 1 N–H and O–H groups in total. The third-order valence-corrected chi connectivity index (χ3v) is 4.94. The van der Waals surface area contributed by atoms with Gasteiger partial charge < -0.3 is 19.1 Å². The monoisotopic (exact) mass is 387 g/mol. The van der Waals surface area contributed by atoms with Gasteiger partial charge >= 0.3 is 56.6 Å². The quantitative estimate of drug-likeness (QED) is 0.280. The molecule has 0 heterocycles. The molecule has 0 saturated carbocycles. The van der Waals surface area contributed by atoms with Gasteiger partial charge in [-0.05, 0) is 46.1 Å². The Balaban J connectivity index is -0.00000121. The van der Waals surface area contributed by atoms with E-state index < -0.39 is 41.1 Å². The van der Waals surface area contributed by atoms with E-state index in [2.05, 4.69) is 0 Å². The van der Waals surface area contributed by atoms with Crippen molar-refractivity contribution >= 4 is 42.1 Å². The zero-order valence-electron chi connectivity index (χ0n) is 13.3. The van der Waals surface area contributed by atoms with Gasteiger partial charge in [-0.15, -0.1) is 0 Å². The molecule has 0 fully saturated rings.